The van der Waals surface area contributed by atoms with Crippen LogP contribution in [0.4, 0.5) is 0 Å². The number of hydrogen-bond acceptors (Lipinski definition) is 4. The lowest BCUT2D eigenvalue weighted by Gasteiger charge is -2.27. The molecule has 1 heterocycles. The second-order valence-electron chi connectivity index (χ2n) is 6.02. The molecule has 3 N–H and O–H groups in total. The summed E-state index contributed by atoms with van der Waals surface area (Å²) in [6, 6.07) is 7.37. The van der Waals surface area contributed by atoms with Crippen molar-refractivity contribution >= 4 is 50.8 Å². The van der Waals surface area contributed by atoms with E-state index < -0.39 is 29.6 Å². The monoisotopic (exact) mass is 380 g/mol. The first-order valence-corrected chi connectivity index (χ1v) is 9.18. The molecule has 2 amide bonds. The number of hydrazine groups is 1. The lowest BCUT2D eigenvalue weighted by molar-refractivity contribution is -0.149. The van der Waals surface area contributed by atoms with Crippen molar-refractivity contribution in [1.29, 1.82) is 0 Å². The van der Waals surface area contributed by atoms with Crippen molar-refractivity contribution in [2.24, 2.45) is 11.8 Å². The fraction of sp³-hybridized carbons (Fsp3) is 0.353. The molecule has 1 aromatic heterocycles. The minimum Gasteiger partial charge on any atom is -0.481 e. The lowest BCUT2D eigenvalue weighted by atomic mass is 9.79. The maximum Gasteiger partial charge on any atom is 0.307 e. The smallest absolute Gasteiger partial charge is 0.307 e. The molecule has 0 spiro atoms. The van der Waals surface area contributed by atoms with E-state index in [-0.39, 0.29) is 0 Å². The van der Waals surface area contributed by atoms with Crippen molar-refractivity contribution in [2.75, 3.05) is 0 Å². The number of fused-ring (bicyclic) bond motifs is 1. The Labute approximate surface area is 153 Å². The van der Waals surface area contributed by atoms with Gasteiger partial charge in [0, 0.05) is 10.1 Å². The van der Waals surface area contributed by atoms with Crippen LogP contribution in [0.2, 0.25) is 5.02 Å². The Morgan fingerprint density at radius 3 is 2.44 bits per heavy atom. The number of carboxylic acid groups (broad SMARTS) is 1. The van der Waals surface area contributed by atoms with Crippen LogP contribution in [0.25, 0.3) is 10.1 Å². The predicted octanol–water partition coefficient (Wildman–Crippen LogP) is 3.21. The standard InChI is InChI=1S/C17H17ClN2O4S/c18-13-11-7-3-4-8-12(11)25-14(13)16(22)20-19-15(21)9-5-1-2-6-10(9)17(23)24/h3-4,7-10H,1-2,5-6H2,(H,19,21)(H,20,22)(H,23,24). The fourth-order valence-electron chi connectivity index (χ4n) is 3.17. The number of hydrogen-bond donors (Lipinski definition) is 3. The first-order chi connectivity index (χ1) is 12.0. The average molecular weight is 381 g/mol. The van der Waals surface area contributed by atoms with E-state index in [0.29, 0.717) is 22.7 Å². The Morgan fingerprint density at radius 1 is 1.08 bits per heavy atom. The summed E-state index contributed by atoms with van der Waals surface area (Å²) in [7, 11) is 0. The molecule has 2 unspecified atom stereocenters. The number of benzene rings is 1. The van der Waals surface area contributed by atoms with E-state index >= 15 is 0 Å². The SMILES string of the molecule is O=C(NNC(=O)C1CCCCC1C(=O)O)c1sc2ccccc2c1Cl. The number of rotatable bonds is 3. The molecule has 0 bridgehead atoms. The van der Waals surface area contributed by atoms with Gasteiger partial charge in [-0.1, -0.05) is 42.6 Å². The zero-order valence-electron chi connectivity index (χ0n) is 13.3. The van der Waals surface area contributed by atoms with Crippen molar-refractivity contribution in [1.82, 2.24) is 10.9 Å². The van der Waals surface area contributed by atoms with Gasteiger partial charge in [0.2, 0.25) is 5.91 Å². The fourth-order valence-corrected chi connectivity index (χ4v) is 4.58. The van der Waals surface area contributed by atoms with E-state index in [1.807, 2.05) is 24.3 Å². The van der Waals surface area contributed by atoms with E-state index in [4.69, 9.17) is 11.6 Å². The zero-order valence-corrected chi connectivity index (χ0v) is 14.8. The highest BCUT2D eigenvalue weighted by Crippen LogP contribution is 2.35. The Hall–Kier alpha value is -2.12. The van der Waals surface area contributed by atoms with Gasteiger partial charge in [-0.2, -0.15) is 0 Å². The maximum atomic E-state index is 12.3. The highest BCUT2D eigenvalue weighted by molar-refractivity contribution is 7.21. The number of thiophene rings is 1. The molecule has 1 aromatic carbocycles. The van der Waals surface area contributed by atoms with Gasteiger partial charge in [-0.25, -0.2) is 0 Å². The minimum absolute atomic E-state index is 0.307. The Morgan fingerprint density at radius 2 is 1.76 bits per heavy atom. The van der Waals surface area contributed by atoms with Crippen LogP contribution in [0.3, 0.4) is 0 Å². The third-order valence-electron chi connectivity index (χ3n) is 4.46. The number of halogens is 1. The summed E-state index contributed by atoms with van der Waals surface area (Å²) >= 11 is 7.48. The Kier molecular flexibility index (Phi) is 5.24. The van der Waals surface area contributed by atoms with Gasteiger partial charge in [0.25, 0.3) is 5.91 Å². The minimum atomic E-state index is -0.973. The van der Waals surface area contributed by atoms with Crippen molar-refractivity contribution in [3.05, 3.63) is 34.2 Å². The van der Waals surface area contributed by atoms with Gasteiger partial charge >= 0.3 is 5.97 Å². The van der Waals surface area contributed by atoms with Crippen molar-refractivity contribution in [3.8, 4) is 0 Å². The van der Waals surface area contributed by atoms with Gasteiger partial charge in [0.05, 0.1) is 16.9 Å². The molecule has 1 saturated carbocycles. The largest absolute Gasteiger partial charge is 0.481 e. The number of nitrogens with one attached hydrogen (secondary N) is 2. The molecule has 132 valence electrons. The summed E-state index contributed by atoms with van der Waals surface area (Å²) in [6.45, 7) is 0. The molecular weight excluding hydrogens is 364 g/mol. The first-order valence-electron chi connectivity index (χ1n) is 7.99. The normalized spacial score (nSPS) is 20.2. The van der Waals surface area contributed by atoms with Crippen molar-refractivity contribution < 1.29 is 19.5 Å². The van der Waals surface area contributed by atoms with Crippen LogP contribution in [0.15, 0.2) is 24.3 Å². The number of amides is 2. The predicted molar refractivity (Wildman–Crippen MR) is 95.5 cm³/mol. The molecule has 8 heteroatoms. The second kappa shape index (κ2) is 7.41. The van der Waals surface area contributed by atoms with Crippen LogP contribution in [-0.2, 0) is 9.59 Å². The van der Waals surface area contributed by atoms with E-state index in [1.54, 1.807) is 0 Å². The molecule has 1 aliphatic carbocycles. The topological polar surface area (TPSA) is 95.5 Å². The molecule has 1 fully saturated rings. The summed E-state index contributed by atoms with van der Waals surface area (Å²) < 4.78 is 0.877. The van der Waals surface area contributed by atoms with Crippen LogP contribution < -0.4 is 10.9 Å². The van der Waals surface area contributed by atoms with Gasteiger partial charge < -0.3 is 5.11 Å². The van der Waals surface area contributed by atoms with Crippen LogP contribution in [0.5, 0.6) is 0 Å². The van der Waals surface area contributed by atoms with Crippen LogP contribution in [0.1, 0.15) is 35.4 Å². The molecule has 3 rings (SSSR count). The summed E-state index contributed by atoms with van der Waals surface area (Å²) in [5, 5.41) is 10.4. The second-order valence-corrected chi connectivity index (χ2v) is 7.45. The van der Waals surface area contributed by atoms with Gasteiger partial charge in [-0.05, 0) is 18.9 Å². The molecular formula is C17H17ClN2O4S. The lowest BCUT2D eigenvalue weighted by Crippen LogP contribution is -2.47. The maximum absolute atomic E-state index is 12.3. The number of carboxylic acids is 1. The molecule has 2 atom stereocenters. The molecule has 0 saturated heterocycles. The third kappa shape index (κ3) is 3.62. The van der Waals surface area contributed by atoms with Gasteiger partial charge in [0.15, 0.2) is 0 Å². The highest BCUT2D eigenvalue weighted by atomic mass is 35.5. The van der Waals surface area contributed by atoms with E-state index in [9.17, 15) is 19.5 Å². The number of carbonyl (C=O) groups excluding carboxylic acids is 2. The van der Waals surface area contributed by atoms with Crippen LogP contribution >= 0.6 is 22.9 Å². The summed E-state index contributed by atoms with van der Waals surface area (Å²) in [5.41, 5.74) is 4.71. The van der Waals surface area contributed by atoms with Crippen molar-refractivity contribution in [3.63, 3.8) is 0 Å². The van der Waals surface area contributed by atoms with Gasteiger partial charge in [0.1, 0.15) is 4.88 Å². The highest BCUT2D eigenvalue weighted by Gasteiger charge is 2.36. The quantitative estimate of drug-likeness (QED) is 0.712. The Bertz CT molecular complexity index is 835. The number of aliphatic carboxylic acids is 1. The average Bonchev–Trinajstić information content (AvgIpc) is 2.96. The van der Waals surface area contributed by atoms with E-state index in [1.165, 1.54) is 11.3 Å². The van der Waals surface area contributed by atoms with E-state index in [0.717, 1.165) is 22.9 Å². The van der Waals surface area contributed by atoms with Gasteiger partial charge in [-0.15, -0.1) is 11.3 Å². The molecule has 6 nitrogen and oxygen atoms in total. The molecule has 25 heavy (non-hydrogen) atoms. The molecule has 0 aliphatic heterocycles. The van der Waals surface area contributed by atoms with Crippen LogP contribution in [-0.4, -0.2) is 22.9 Å². The van der Waals surface area contributed by atoms with Crippen molar-refractivity contribution in [2.45, 2.75) is 25.7 Å². The molecule has 0 radical (unpaired) electrons. The number of carbonyl (C=O) groups is 3. The molecule has 2 aromatic rings. The summed E-state index contributed by atoms with van der Waals surface area (Å²) in [4.78, 5) is 36.2. The molecule has 1 aliphatic rings. The van der Waals surface area contributed by atoms with E-state index in [2.05, 4.69) is 10.9 Å². The summed E-state index contributed by atoms with van der Waals surface area (Å²) in [6.07, 6.45) is 2.58. The zero-order chi connectivity index (χ0) is 18.0. The Balaban J connectivity index is 1.67. The van der Waals surface area contributed by atoms with Crippen LogP contribution in [0, 0.1) is 11.8 Å². The third-order valence-corrected chi connectivity index (χ3v) is 6.13. The van der Waals surface area contributed by atoms with Gasteiger partial charge in [-0.3, -0.25) is 25.2 Å². The first kappa shape index (κ1) is 17.7. The summed E-state index contributed by atoms with van der Waals surface area (Å²) in [5.74, 6) is -3.30.